The average molecular weight is 218 g/mol. The Labute approximate surface area is 81.2 Å². The SMILES string of the molecule is O=c1[nH]sc2c(Cl)c(O)c(O)cc12. The summed E-state index contributed by atoms with van der Waals surface area (Å²) in [7, 11) is 0. The molecular weight excluding hydrogens is 214 g/mol. The van der Waals surface area contributed by atoms with Crippen molar-refractivity contribution in [1.29, 1.82) is 0 Å². The minimum atomic E-state index is -0.399. The first-order valence-electron chi connectivity index (χ1n) is 3.33. The second-order valence-corrected chi connectivity index (χ2v) is 3.66. The molecule has 13 heavy (non-hydrogen) atoms. The first-order valence-corrected chi connectivity index (χ1v) is 4.52. The van der Waals surface area contributed by atoms with Crippen LogP contribution in [0.15, 0.2) is 10.9 Å². The molecule has 68 valence electrons. The van der Waals surface area contributed by atoms with Gasteiger partial charge in [-0.3, -0.25) is 9.17 Å². The van der Waals surface area contributed by atoms with E-state index in [-0.39, 0.29) is 21.7 Å². The van der Waals surface area contributed by atoms with Gasteiger partial charge >= 0.3 is 0 Å². The number of H-pyrrole nitrogens is 1. The molecular formula is C7H4ClNO3S. The Morgan fingerprint density at radius 1 is 1.46 bits per heavy atom. The van der Waals surface area contributed by atoms with Gasteiger partial charge in [-0.1, -0.05) is 23.1 Å². The monoisotopic (exact) mass is 217 g/mol. The Bertz CT molecular complexity index is 530. The van der Waals surface area contributed by atoms with Crippen molar-refractivity contribution in [2.45, 2.75) is 0 Å². The van der Waals surface area contributed by atoms with Crippen molar-refractivity contribution in [3.8, 4) is 11.5 Å². The maximum Gasteiger partial charge on any atom is 0.266 e. The molecule has 0 aliphatic rings. The Kier molecular flexibility index (Phi) is 1.71. The first-order chi connectivity index (χ1) is 6.11. The number of hydrogen-bond acceptors (Lipinski definition) is 4. The zero-order valence-corrected chi connectivity index (χ0v) is 7.74. The third kappa shape index (κ3) is 1.08. The molecule has 0 radical (unpaired) electrons. The summed E-state index contributed by atoms with van der Waals surface area (Å²) in [5.41, 5.74) is -0.322. The predicted molar refractivity (Wildman–Crippen MR) is 50.8 cm³/mol. The largest absolute Gasteiger partial charge is 0.504 e. The molecule has 1 heterocycles. The lowest BCUT2D eigenvalue weighted by atomic mass is 10.2. The van der Waals surface area contributed by atoms with E-state index in [4.69, 9.17) is 16.7 Å². The number of halogens is 1. The van der Waals surface area contributed by atoms with E-state index >= 15 is 0 Å². The lowest BCUT2D eigenvalue weighted by molar-refractivity contribution is 0.405. The summed E-state index contributed by atoms with van der Waals surface area (Å²) in [5, 5.41) is 18.7. The Morgan fingerprint density at radius 3 is 2.85 bits per heavy atom. The molecule has 0 atom stereocenters. The predicted octanol–water partition coefficient (Wildman–Crippen LogP) is 1.65. The number of phenolic OH excluding ortho intramolecular Hbond substituents is 2. The van der Waals surface area contributed by atoms with Crippen LogP contribution in [0, 0.1) is 0 Å². The van der Waals surface area contributed by atoms with E-state index in [0.29, 0.717) is 4.70 Å². The Balaban J connectivity index is 3.04. The molecule has 1 aromatic heterocycles. The fraction of sp³-hybridized carbons (Fsp3) is 0. The van der Waals surface area contributed by atoms with E-state index in [0.717, 1.165) is 11.5 Å². The van der Waals surface area contributed by atoms with Gasteiger partial charge in [0.05, 0.1) is 10.1 Å². The summed E-state index contributed by atoms with van der Waals surface area (Å²) in [6.45, 7) is 0. The molecule has 3 N–H and O–H groups in total. The molecule has 0 unspecified atom stereocenters. The number of benzene rings is 1. The lowest BCUT2D eigenvalue weighted by Crippen LogP contribution is -1.95. The lowest BCUT2D eigenvalue weighted by Gasteiger charge is -1.99. The fourth-order valence-corrected chi connectivity index (χ4v) is 2.10. The molecule has 0 aliphatic heterocycles. The Hall–Kier alpha value is -1.20. The van der Waals surface area contributed by atoms with Crippen molar-refractivity contribution >= 4 is 33.2 Å². The van der Waals surface area contributed by atoms with Crippen LogP contribution in [-0.2, 0) is 0 Å². The van der Waals surface area contributed by atoms with E-state index in [2.05, 4.69) is 4.37 Å². The highest BCUT2D eigenvalue weighted by molar-refractivity contribution is 7.14. The van der Waals surface area contributed by atoms with Crippen LogP contribution in [0.25, 0.3) is 10.1 Å². The van der Waals surface area contributed by atoms with Gasteiger partial charge in [0, 0.05) is 0 Å². The average Bonchev–Trinajstić information content (AvgIpc) is 2.45. The van der Waals surface area contributed by atoms with Gasteiger partial charge in [-0.05, 0) is 6.07 Å². The maximum absolute atomic E-state index is 11.1. The number of fused-ring (bicyclic) bond motifs is 1. The van der Waals surface area contributed by atoms with E-state index in [1.165, 1.54) is 6.07 Å². The normalized spacial score (nSPS) is 10.8. The number of hydrogen-bond donors (Lipinski definition) is 3. The van der Waals surface area contributed by atoms with Crippen molar-refractivity contribution in [2.24, 2.45) is 0 Å². The number of aromatic amines is 1. The van der Waals surface area contributed by atoms with Gasteiger partial charge in [-0.25, -0.2) is 0 Å². The highest BCUT2D eigenvalue weighted by Gasteiger charge is 2.13. The molecule has 0 saturated carbocycles. The van der Waals surface area contributed by atoms with Crippen LogP contribution in [0.2, 0.25) is 5.02 Å². The standard InChI is InChI=1S/C7H4ClNO3S/c8-4-5(11)3(10)1-2-6(4)13-9-7(2)12/h1,10-11H,(H,9,12). The molecule has 2 rings (SSSR count). The molecule has 2 aromatic rings. The summed E-state index contributed by atoms with van der Waals surface area (Å²) in [6, 6.07) is 1.19. The minimum absolute atomic E-state index is 0.00153. The molecule has 0 spiro atoms. The third-order valence-corrected chi connectivity index (χ3v) is 3.06. The number of nitrogens with one attached hydrogen (secondary N) is 1. The van der Waals surface area contributed by atoms with Crippen LogP contribution in [0.1, 0.15) is 0 Å². The van der Waals surface area contributed by atoms with Crippen molar-refractivity contribution < 1.29 is 10.2 Å². The zero-order chi connectivity index (χ0) is 9.59. The van der Waals surface area contributed by atoms with Crippen molar-refractivity contribution in [3.63, 3.8) is 0 Å². The molecule has 0 aliphatic carbocycles. The van der Waals surface area contributed by atoms with Crippen LogP contribution in [0.3, 0.4) is 0 Å². The van der Waals surface area contributed by atoms with E-state index in [9.17, 15) is 9.90 Å². The highest BCUT2D eigenvalue weighted by Crippen LogP contribution is 2.39. The summed E-state index contributed by atoms with van der Waals surface area (Å²) in [5.74, 6) is -0.786. The molecule has 0 saturated heterocycles. The third-order valence-electron chi connectivity index (χ3n) is 1.67. The van der Waals surface area contributed by atoms with E-state index in [1.807, 2.05) is 0 Å². The molecule has 1 aromatic carbocycles. The molecule has 6 heteroatoms. The smallest absolute Gasteiger partial charge is 0.266 e. The quantitative estimate of drug-likeness (QED) is 0.588. The number of rotatable bonds is 0. The van der Waals surface area contributed by atoms with Crippen LogP contribution >= 0.6 is 23.1 Å². The van der Waals surface area contributed by atoms with Gasteiger partial charge in [0.15, 0.2) is 11.5 Å². The van der Waals surface area contributed by atoms with E-state index < -0.39 is 5.75 Å². The molecule has 0 bridgehead atoms. The first kappa shape index (κ1) is 8.40. The van der Waals surface area contributed by atoms with Gasteiger partial charge in [0.2, 0.25) is 0 Å². The summed E-state index contributed by atoms with van der Waals surface area (Å²) in [6.07, 6.45) is 0. The highest BCUT2D eigenvalue weighted by atomic mass is 35.5. The van der Waals surface area contributed by atoms with Crippen LogP contribution < -0.4 is 5.56 Å². The number of phenols is 2. The molecule has 4 nitrogen and oxygen atoms in total. The van der Waals surface area contributed by atoms with Crippen molar-refractivity contribution in [2.75, 3.05) is 0 Å². The zero-order valence-electron chi connectivity index (χ0n) is 6.17. The molecule has 0 fully saturated rings. The van der Waals surface area contributed by atoms with E-state index in [1.54, 1.807) is 0 Å². The van der Waals surface area contributed by atoms with Gasteiger partial charge in [-0.15, -0.1) is 0 Å². The second-order valence-electron chi connectivity index (χ2n) is 2.47. The van der Waals surface area contributed by atoms with Crippen molar-refractivity contribution in [3.05, 3.63) is 21.4 Å². The summed E-state index contributed by atoms with van der Waals surface area (Å²) < 4.78 is 2.90. The van der Waals surface area contributed by atoms with Crippen LogP contribution in [0.4, 0.5) is 0 Å². The fourth-order valence-electron chi connectivity index (χ4n) is 1.03. The topological polar surface area (TPSA) is 73.3 Å². The summed E-state index contributed by atoms with van der Waals surface area (Å²) in [4.78, 5) is 11.1. The number of aromatic nitrogens is 1. The molecule has 0 amide bonds. The minimum Gasteiger partial charge on any atom is -0.504 e. The van der Waals surface area contributed by atoms with Gasteiger partial charge in [0.1, 0.15) is 5.02 Å². The Morgan fingerprint density at radius 2 is 2.15 bits per heavy atom. The number of aromatic hydroxyl groups is 2. The van der Waals surface area contributed by atoms with Crippen LogP contribution in [-0.4, -0.2) is 14.6 Å². The maximum atomic E-state index is 11.1. The summed E-state index contributed by atoms with van der Waals surface area (Å²) >= 11 is 6.71. The second kappa shape index (κ2) is 2.65. The van der Waals surface area contributed by atoms with Crippen LogP contribution in [0.5, 0.6) is 11.5 Å². The van der Waals surface area contributed by atoms with Gasteiger partial charge < -0.3 is 10.2 Å². The van der Waals surface area contributed by atoms with Gasteiger partial charge in [0.25, 0.3) is 5.56 Å². The van der Waals surface area contributed by atoms with Gasteiger partial charge in [-0.2, -0.15) is 0 Å². The van der Waals surface area contributed by atoms with Crippen molar-refractivity contribution in [1.82, 2.24) is 4.37 Å².